The van der Waals surface area contributed by atoms with E-state index in [0.29, 0.717) is 6.54 Å². The van der Waals surface area contributed by atoms with Gasteiger partial charge in [-0.1, -0.05) is 12.1 Å². The maximum atomic E-state index is 11.6. The number of nitrogens with zero attached hydrogens (tertiary/aromatic N) is 3. The number of aromatic nitrogens is 2. The molecule has 0 saturated carbocycles. The molecule has 0 N–H and O–H groups in total. The highest BCUT2D eigenvalue weighted by molar-refractivity contribution is 5.89. The lowest BCUT2D eigenvalue weighted by molar-refractivity contribution is -0.144. The van der Waals surface area contributed by atoms with Gasteiger partial charge < -0.3 is 9.64 Å². The standard InChI is InChI=1S/C14H15N3O2/c1-19-14(18)10-6-7-17(8-10)13-11-4-2-3-5-12(11)15-9-16-13/h2-5,9-10H,6-8H2,1H3. The molecule has 5 heteroatoms. The van der Waals surface area contributed by atoms with Gasteiger partial charge in [-0.05, 0) is 18.6 Å². The molecule has 3 rings (SSSR count). The van der Waals surface area contributed by atoms with Gasteiger partial charge in [0.1, 0.15) is 12.1 Å². The molecule has 1 aliphatic rings. The number of esters is 1. The van der Waals surface area contributed by atoms with Crippen molar-refractivity contribution < 1.29 is 9.53 Å². The van der Waals surface area contributed by atoms with E-state index in [1.807, 2.05) is 24.3 Å². The van der Waals surface area contributed by atoms with Gasteiger partial charge in [0, 0.05) is 18.5 Å². The summed E-state index contributed by atoms with van der Waals surface area (Å²) in [6.45, 7) is 1.48. The van der Waals surface area contributed by atoms with Crippen molar-refractivity contribution in [1.29, 1.82) is 0 Å². The van der Waals surface area contributed by atoms with Crippen LogP contribution in [0.2, 0.25) is 0 Å². The van der Waals surface area contributed by atoms with Crippen molar-refractivity contribution in [3.8, 4) is 0 Å². The van der Waals surface area contributed by atoms with Crippen molar-refractivity contribution >= 4 is 22.7 Å². The Labute approximate surface area is 111 Å². The largest absolute Gasteiger partial charge is 0.469 e. The highest BCUT2D eigenvalue weighted by Crippen LogP contribution is 2.28. The Kier molecular flexibility index (Phi) is 3.03. The molecule has 98 valence electrons. The van der Waals surface area contributed by atoms with Gasteiger partial charge in [-0.15, -0.1) is 0 Å². The quantitative estimate of drug-likeness (QED) is 0.765. The summed E-state index contributed by atoms with van der Waals surface area (Å²) in [5, 5.41) is 1.02. The number of benzene rings is 1. The van der Waals surface area contributed by atoms with Crippen molar-refractivity contribution in [2.24, 2.45) is 5.92 Å². The molecule has 0 radical (unpaired) electrons. The third-order valence-corrected chi connectivity index (χ3v) is 3.54. The van der Waals surface area contributed by atoms with E-state index in [0.717, 1.165) is 29.7 Å². The van der Waals surface area contributed by atoms with Crippen LogP contribution in [0.1, 0.15) is 6.42 Å². The summed E-state index contributed by atoms with van der Waals surface area (Å²) in [5.41, 5.74) is 0.925. The smallest absolute Gasteiger partial charge is 0.310 e. The number of ether oxygens (including phenoxy) is 1. The first-order chi connectivity index (χ1) is 9.29. The molecule has 1 atom stereocenters. The zero-order valence-electron chi connectivity index (χ0n) is 10.7. The molecule has 2 heterocycles. The average Bonchev–Trinajstić information content (AvgIpc) is 2.95. The third kappa shape index (κ3) is 2.12. The van der Waals surface area contributed by atoms with Crippen LogP contribution < -0.4 is 4.90 Å². The molecule has 0 amide bonds. The topological polar surface area (TPSA) is 55.3 Å². The lowest BCUT2D eigenvalue weighted by atomic mass is 10.1. The van der Waals surface area contributed by atoms with Gasteiger partial charge in [-0.3, -0.25) is 4.79 Å². The highest BCUT2D eigenvalue weighted by Gasteiger charge is 2.30. The van der Waals surface area contributed by atoms with Gasteiger partial charge in [0.15, 0.2) is 0 Å². The molecule has 1 fully saturated rings. The molecule has 1 aromatic heterocycles. The molecule has 5 nitrogen and oxygen atoms in total. The molecule has 2 aromatic rings. The summed E-state index contributed by atoms with van der Waals surface area (Å²) in [7, 11) is 1.44. The van der Waals surface area contributed by atoms with E-state index in [-0.39, 0.29) is 11.9 Å². The molecular weight excluding hydrogens is 242 g/mol. The summed E-state index contributed by atoms with van der Waals surface area (Å²) >= 11 is 0. The minimum atomic E-state index is -0.138. The summed E-state index contributed by atoms with van der Waals surface area (Å²) in [4.78, 5) is 22.3. The summed E-state index contributed by atoms with van der Waals surface area (Å²) in [6, 6.07) is 7.91. The monoisotopic (exact) mass is 257 g/mol. The average molecular weight is 257 g/mol. The van der Waals surface area contributed by atoms with Crippen molar-refractivity contribution in [3.63, 3.8) is 0 Å². The fraction of sp³-hybridized carbons (Fsp3) is 0.357. The number of carbonyl (C=O) groups excluding carboxylic acids is 1. The van der Waals surface area contributed by atoms with Gasteiger partial charge in [-0.2, -0.15) is 0 Å². The maximum Gasteiger partial charge on any atom is 0.310 e. The molecule has 1 saturated heterocycles. The Morgan fingerprint density at radius 3 is 3.05 bits per heavy atom. The molecule has 0 bridgehead atoms. The fourth-order valence-electron chi connectivity index (χ4n) is 2.55. The van der Waals surface area contributed by atoms with Crippen LogP contribution in [0.15, 0.2) is 30.6 Å². The lowest BCUT2D eigenvalue weighted by Crippen LogP contribution is -2.24. The van der Waals surface area contributed by atoms with Crippen LogP contribution in [-0.2, 0) is 9.53 Å². The minimum absolute atomic E-state index is 0.0567. The predicted molar refractivity (Wildman–Crippen MR) is 71.9 cm³/mol. The van der Waals surface area contributed by atoms with E-state index in [4.69, 9.17) is 4.74 Å². The number of para-hydroxylation sites is 1. The number of hydrogen-bond acceptors (Lipinski definition) is 5. The van der Waals surface area contributed by atoms with Gasteiger partial charge >= 0.3 is 5.97 Å². The first kappa shape index (κ1) is 11.9. The summed E-state index contributed by atoms with van der Waals surface area (Å²) < 4.78 is 4.81. The first-order valence-electron chi connectivity index (χ1n) is 6.32. The Morgan fingerprint density at radius 2 is 2.21 bits per heavy atom. The number of hydrogen-bond donors (Lipinski definition) is 0. The van der Waals surface area contributed by atoms with Crippen LogP contribution >= 0.6 is 0 Å². The van der Waals surface area contributed by atoms with Crippen molar-refractivity contribution in [2.75, 3.05) is 25.1 Å². The summed E-state index contributed by atoms with van der Waals surface area (Å²) in [6.07, 6.45) is 2.38. The lowest BCUT2D eigenvalue weighted by Gasteiger charge is -2.18. The van der Waals surface area contributed by atoms with Crippen molar-refractivity contribution in [3.05, 3.63) is 30.6 Å². The molecular formula is C14H15N3O2. The fourth-order valence-corrected chi connectivity index (χ4v) is 2.55. The van der Waals surface area contributed by atoms with Gasteiger partial charge in [0.25, 0.3) is 0 Å². The number of rotatable bonds is 2. The normalized spacial score (nSPS) is 18.8. The molecule has 1 unspecified atom stereocenters. The van der Waals surface area contributed by atoms with Gasteiger partial charge in [0.05, 0.1) is 18.5 Å². The SMILES string of the molecule is COC(=O)C1CCN(c2ncnc3ccccc23)C1. The van der Waals surface area contributed by atoms with Crippen LogP contribution in [0.3, 0.4) is 0 Å². The molecule has 1 aromatic carbocycles. The Balaban J connectivity index is 1.92. The van der Waals surface area contributed by atoms with Crippen LogP contribution in [-0.4, -0.2) is 36.1 Å². The Morgan fingerprint density at radius 1 is 1.37 bits per heavy atom. The van der Waals surface area contributed by atoms with Gasteiger partial charge in [-0.25, -0.2) is 9.97 Å². The second-order valence-electron chi connectivity index (χ2n) is 4.67. The third-order valence-electron chi connectivity index (χ3n) is 3.54. The van der Waals surface area contributed by atoms with Crippen molar-refractivity contribution in [1.82, 2.24) is 9.97 Å². The zero-order valence-corrected chi connectivity index (χ0v) is 10.7. The second kappa shape index (κ2) is 4.84. The molecule has 0 spiro atoms. The number of fused-ring (bicyclic) bond motifs is 1. The second-order valence-corrected chi connectivity index (χ2v) is 4.67. The van der Waals surface area contributed by atoms with Crippen LogP contribution in [0.4, 0.5) is 5.82 Å². The maximum absolute atomic E-state index is 11.6. The van der Waals surface area contributed by atoms with Crippen molar-refractivity contribution in [2.45, 2.75) is 6.42 Å². The predicted octanol–water partition coefficient (Wildman–Crippen LogP) is 1.63. The number of methoxy groups -OCH3 is 1. The van der Waals surface area contributed by atoms with E-state index in [2.05, 4.69) is 14.9 Å². The van der Waals surface area contributed by atoms with Crippen LogP contribution in [0, 0.1) is 5.92 Å². The zero-order chi connectivity index (χ0) is 13.2. The van der Waals surface area contributed by atoms with E-state index in [9.17, 15) is 4.79 Å². The first-order valence-corrected chi connectivity index (χ1v) is 6.32. The minimum Gasteiger partial charge on any atom is -0.469 e. The number of carbonyl (C=O) groups is 1. The van der Waals surface area contributed by atoms with E-state index < -0.39 is 0 Å². The van der Waals surface area contributed by atoms with E-state index in [1.54, 1.807) is 6.33 Å². The molecule has 1 aliphatic heterocycles. The Bertz CT molecular complexity index is 609. The van der Waals surface area contributed by atoms with Crippen LogP contribution in [0.25, 0.3) is 10.9 Å². The number of anilines is 1. The molecule has 19 heavy (non-hydrogen) atoms. The van der Waals surface area contributed by atoms with E-state index in [1.165, 1.54) is 7.11 Å². The Hall–Kier alpha value is -2.17. The molecule has 0 aliphatic carbocycles. The summed E-state index contributed by atoms with van der Waals surface area (Å²) in [5.74, 6) is 0.705. The van der Waals surface area contributed by atoms with Crippen LogP contribution in [0.5, 0.6) is 0 Å². The van der Waals surface area contributed by atoms with Gasteiger partial charge in [0.2, 0.25) is 0 Å². The van der Waals surface area contributed by atoms with E-state index >= 15 is 0 Å². The highest BCUT2D eigenvalue weighted by atomic mass is 16.5.